The fraction of sp³-hybridized carbons (Fsp3) is 0.333. The van der Waals surface area contributed by atoms with Crippen LogP contribution in [0.25, 0.3) is 11.3 Å². The van der Waals surface area contributed by atoms with Gasteiger partial charge in [0.2, 0.25) is 0 Å². The van der Waals surface area contributed by atoms with Crippen LogP contribution in [-0.4, -0.2) is 27.6 Å². The van der Waals surface area contributed by atoms with Crippen molar-refractivity contribution < 1.29 is 4.74 Å². The van der Waals surface area contributed by atoms with Gasteiger partial charge in [0.25, 0.3) is 0 Å². The molecule has 3 rings (SSSR count). The summed E-state index contributed by atoms with van der Waals surface area (Å²) in [5, 5.41) is 8.39. The lowest BCUT2D eigenvalue weighted by Crippen LogP contribution is -2.33. The van der Waals surface area contributed by atoms with Crippen molar-refractivity contribution in [3.8, 4) is 11.3 Å². The lowest BCUT2D eigenvalue weighted by molar-refractivity contribution is 0.00639. The first-order valence-corrected chi connectivity index (χ1v) is 5.68. The van der Waals surface area contributed by atoms with Gasteiger partial charge in [-0.1, -0.05) is 35.5 Å². The van der Waals surface area contributed by atoms with Crippen LogP contribution in [-0.2, 0) is 17.9 Å². The van der Waals surface area contributed by atoms with E-state index in [-0.39, 0.29) is 6.10 Å². The van der Waals surface area contributed by atoms with E-state index in [9.17, 15) is 0 Å². The fourth-order valence-corrected chi connectivity index (χ4v) is 2.03. The molecule has 5 heteroatoms. The minimum absolute atomic E-state index is 0.0489. The lowest BCUT2D eigenvalue weighted by atomic mass is 10.1. The molecule has 2 N–H and O–H groups in total. The highest BCUT2D eigenvalue weighted by Gasteiger charge is 2.23. The van der Waals surface area contributed by atoms with Gasteiger partial charge >= 0.3 is 0 Å². The Balaban J connectivity index is 1.97. The normalized spacial score (nSPS) is 19.0. The van der Waals surface area contributed by atoms with Gasteiger partial charge in [-0.15, -0.1) is 5.10 Å². The van der Waals surface area contributed by atoms with E-state index in [4.69, 9.17) is 10.5 Å². The first-order chi connectivity index (χ1) is 8.38. The molecular formula is C12H14N4O. The van der Waals surface area contributed by atoms with Gasteiger partial charge < -0.3 is 10.5 Å². The van der Waals surface area contributed by atoms with Gasteiger partial charge in [-0.05, 0) is 0 Å². The largest absolute Gasteiger partial charge is 0.369 e. The molecule has 1 aliphatic heterocycles. The molecule has 5 nitrogen and oxygen atoms in total. The topological polar surface area (TPSA) is 66.0 Å². The zero-order chi connectivity index (χ0) is 11.7. The van der Waals surface area contributed by atoms with Crippen molar-refractivity contribution in [2.75, 3.05) is 6.54 Å². The standard InChI is InChI=1S/C12H14N4O/c13-6-10-7-16-11(8-17-10)12(14-15-16)9-4-2-1-3-5-9/h1-5,10H,6-8,13H2/t10-/m0/s1. The summed E-state index contributed by atoms with van der Waals surface area (Å²) in [4.78, 5) is 0. The average Bonchev–Trinajstić information content (AvgIpc) is 2.82. The van der Waals surface area contributed by atoms with Crippen LogP contribution in [0.15, 0.2) is 30.3 Å². The smallest absolute Gasteiger partial charge is 0.118 e. The van der Waals surface area contributed by atoms with Gasteiger partial charge in [0.1, 0.15) is 5.69 Å². The van der Waals surface area contributed by atoms with Crippen molar-refractivity contribution in [1.29, 1.82) is 0 Å². The molecule has 0 saturated carbocycles. The molecule has 0 unspecified atom stereocenters. The Labute approximate surface area is 99.2 Å². The SMILES string of the molecule is NC[C@H]1Cn2nnc(-c3ccccc3)c2CO1. The second kappa shape index (κ2) is 4.27. The van der Waals surface area contributed by atoms with Crippen LogP contribution in [0.4, 0.5) is 0 Å². The molecule has 0 bridgehead atoms. The third kappa shape index (κ3) is 1.83. The van der Waals surface area contributed by atoms with Crippen LogP contribution in [0.1, 0.15) is 5.69 Å². The van der Waals surface area contributed by atoms with Gasteiger partial charge in [0.05, 0.1) is 24.9 Å². The molecule has 88 valence electrons. The molecule has 2 aromatic rings. The Morgan fingerprint density at radius 1 is 1.35 bits per heavy atom. The second-order valence-electron chi connectivity index (χ2n) is 4.10. The first-order valence-electron chi connectivity index (χ1n) is 5.68. The maximum atomic E-state index is 5.65. The molecule has 1 aliphatic rings. The van der Waals surface area contributed by atoms with E-state index in [1.807, 2.05) is 35.0 Å². The first kappa shape index (κ1) is 10.4. The van der Waals surface area contributed by atoms with Crippen LogP contribution >= 0.6 is 0 Å². The number of nitrogens with zero attached hydrogens (tertiary/aromatic N) is 3. The Morgan fingerprint density at radius 2 is 2.18 bits per heavy atom. The number of aromatic nitrogens is 3. The summed E-state index contributed by atoms with van der Waals surface area (Å²) in [6, 6.07) is 10.0. The van der Waals surface area contributed by atoms with Crippen LogP contribution < -0.4 is 5.73 Å². The van der Waals surface area contributed by atoms with Crippen LogP contribution in [0.2, 0.25) is 0 Å². The van der Waals surface area contributed by atoms with Gasteiger partial charge in [-0.2, -0.15) is 0 Å². The number of ether oxygens (including phenoxy) is 1. The number of rotatable bonds is 2. The van der Waals surface area contributed by atoms with Crippen molar-refractivity contribution in [2.45, 2.75) is 19.3 Å². The Kier molecular flexibility index (Phi) is 2.62. The molecule has 2 heterocycles. The van der Waals surface area contributed by atoms with Crippen LogP contribution in [0.3, 0.4) is 0 Å². The van der Waals surface area contributed by atoms with Gasteiger partial charge in [0, 0.05) is 12.1 Å². The zero-order valence-corrected chi connectivity index (χ0v) is 9.41. The maximum absolute atomic E-state index is 5.65. The average molecular weight is 230 g/mol. The van der Waals surface area contributed by atoms with Crippen molar-refractivity contribution in [3.05, 3.63) is 36.0 Å². The molecule has 0 saturated heterocycles. The molecule has 0 aliphatic carbocycles. The highest BCUT2D eigenvalue weighted by atomic mass is 16.5. The summed E-state index contributed by atoms with van der Waals surface area (Å²) in [6.07, 6.45) is 0.0489. The second-order valence-corrected chi connectivity index (χ2v) is 4.10. The summed E-state index contributed by atoms with van der Waals surface area (Å²) >= 11 is 0. The molecule has 1 aromatic carbocycles. The van der Waals surface area contributed by atoms with E-state index >= 15 is 0 Å². The number of fused-ring (bicyclic) bond motifs is 1. The lowest BCUT2D eigenvalue weighted by Gasteiger charge is -2.22. The Bertz CT molecular complexity index is 508. The highest BCUT2D eigenvalue weighted by molar-refractivity contribution is 5.61. The van der Waals surface area contributed by atoms with E-state index in [1.54, 1.807) is 0 Å². The fourth-order valence-electron chi connectivity index (χ4n) is 2.03. The van der Waals surface area contributed by atoms with Gasteiger partial charge in [0.15, 0.2) is 0 Å². The van der Waals surface area contributed by atoms with Crippen molar-refractivity contribution in [1.82, 2.24) is 15.0 Å². The summed E-state index contributed by atoms with van der Waals surface area (Å²) < 4.78 is 7.54. The summed E-state index contributed by atoms with van der Waals surface area (Å²) in [7, 11) is 0. The molecule has 1 aromatic heterocycles. The third-order valence-corrected chi connectivity index (χ3v) is 2.98. The van der Waals surface area contributed by atoms with Crippen LogP contribution in [0, 0.1) is 0 Å². The molecule has 0 radical (unpaired) electrons. The van der Waals surface area contributed by atoms with Crippen molar-refractivity contribution in [3.63, 3.8) is 0 Å². The van der Waals surface area contributed by atoms with Gasteiger partial charge in [-0.3, -0.25) is 0 Å². The summed E-state index contributed by atoms with van der Waals surface area (Å²) in [6.45, 7) is 1.73. The zero-order valence-electron chi connectivity index (χ0n) is 9.41. The number of benzene rings is 1. The minimum atomic E-state index is 0.0489. The van der Waals surface area contributed by atoms with Crippen molar-refractivity contribution >= 4 is 0 Å². The summed E-state index contributed by atoms with van der Waals surface area (Å²) in [5.41, 5.74) is 8.60. The van der Waals surface area contributed by atoms with E-state index in [1.165, 1.54) is 0 Å². The van der Waals surface area contributed by atoms with E-state index < -0.39 is 0 Å². The van der Waals surface area contributed by atoms with Gasteiger partial charge in [-0.25, -0.2) is 4.68 Å². The minimum Gasteiger partial charge on any atom is -0.369 e. The van der Waals surface area contributed by atoms with E-state index in [0.29, 0.717) is 19.7 Å². The van der Waals surface area contributed by atoms with E-state index in [2.05, 4.69) is 10.3 Å². The Morgan fingerprint density at radius 3 is 2.94 bits per heavy atom. The molecule has 1 atom stereocenters. The van der Waals surface area contributed by atoms with Crippen molar-refractivity contribution in [2.24, 2.45) is 5.73 Å². The quantitative estimate of drug-likeness (QED) is 0.828. The molecule has 0 amide bonds. The Hall–Kier alpha value is -1.72. The molecular weight excluding hydrogens is 216 g/mol. The predicted octanol–water partition coefficient (Wildman–Crippen LogP) is 0.803. The number of hydrogen-bond donors (Lipinski definition) is 1. The number of hydrogen-bond acceptors (Lipinski definition) is 4. The third-order valence-electron chi connectivity index (χ3n) is 2.98. The molecule has 0 spiro atoms. The monoisotopic (exact) mass is 230 g/mol. The molecule has 0 fully saturated rings. The van der Waals surface area contributed by atoms with E-state index in [0.717, 1.165) is 17.0 Å². The van der Waals surface area contributed by atoms with Crippen LogP contribution in [0.5, 0.6) is 0 Å². The maximum Gasteiger partial charge on any atom is 0.118 e. The predicted molar refractivity (Wildman–Crippen MR) is 63.1 cm³/mol. The summed E-state index contributed by atoms with van der Waals surface area (Å²) in [5.74, 6) is 0. The number of nitrogens with two attached hydrogens (primary N) is 1. The highest BCUT2D eigenvalue weighted by Crippen LogP contribution is 2.24. The molecule has 17 heavy (non-hydrogen) atoms.